The van der Waals surface area contributed by atoms with Crippen LogP contribution in [0.25, 0.3) is 0 Å². The van der Waals surface area contributed by atoms with Crippen molar-refractivity contribution < 1.29 is 19.0 Å². The van der Waals surface area contributed by atoms with Gasteiger partial charge in [0.2, 0.25) is 0 Å². The van der Waals surface area contributed by atoms with Crippen molar-refractivity contribution in [3.8, 4) is 5.75 Å². The van der Waals surface area contributed by atoms with Gasteiger partial charge in [0.15, 0.2) is 11.6 Å². The molecule has 2 atom stereocenters. The van der Waals surface area contributed by atoms with E-state index in [9.17, 15) is 4.79 Å². The van der Waals surface area contributed by atoms with Crippen molar-refractivity contribution in [1.29, 1.82) is 0 Å². The maximum absolute atomic E-state index is 12.6. The summed E-state index contributed by atoms with van der Waals surface area (Å²) in [4.78, 5) is 12.6. The van der Waals surface area contributed by atoms with Crippen LogP contribution in [0.1, 0.15) is 29.6 Å². The van der Waals surface area contributed by atoms with Gasteiger partial charge < -0.3 is 14.2 Å². The zero-order chi connectivity index (χ0) is 13.7. The summed E-state index contributed by atoms with van der Waals surface area (Å²) in [7, 11) is 0. The van der Waals surface area contributed by atoms with Crippen LogP contribution in [0, 0.1) is 5.92 Å². The quantitative estimate of drug-likeness (QED) is 0.729. The summed E-state index contributed by atoms with van der Waals surface area (Å²) in [6.07, 6.45) is 2.03. The van der Waals surface area contributed by atoms with Crippen LogP contribution in [-0.4, -0.2) is 30.9 Å². The van der Waals surface area contributed by atoms with E-state index < -0.39 is 5.79 Å². The largest absolute Gasteiger partial charge is 0.489 e. The maximum Gasteiger partial charge on any atom is 0.173 e. The topological polar surface area (TPSA) is 44.8 Å². The molecule has 1 aromatic carbocycles. The third-order valence-electron chi connectivity index (χ3n) is 4.43. The molecule has 1 aliphatic carbocycles. The summed E-state index contributed by atoms with van der Waals surface area (Å²) in [5.74, 6) is 0.268. The Balaban J connectivity index is 1.66. The van der Waals surface area contributed by atoms with Crippen LogP contribution in [-0.2, 0) is 9.47 Å². The van der Waals surface area contributed by atoms with Gasteiger partial charge in [0, 0.05) is 17.3 Å². The number of fused-ring (bicyclic) bond motifs is 2. The standard InChI is InChI=1S/C15H15BrO4/c16-9-1-2-12-11(7-9)14(17)10-3-4-15(8-13(10)20-12)18-5-6-19-15/h1-2,7,10,13H,3-6,8H2/t10-,13-/m1/s1. The molecule has 5 heteroatoms. The van der Waals surface area contributed by atoms with Crippen LogP contribution in [0.15, 0.2) is 22.7 Å². The molecule has 2 heterocycles. The molecule has 0 aromatic heterocycles. The molecule has 0 radical (unpaired) electrons. The van der Waals surface area contributed by atoms with E-state index in [4.69, 9.17) is 14.2 Å². The summed E-state index contributed by atoms with van der Waals surface area (Å²) >= 11 is 3.41. The molecule has 1 spiro atoms. The number of benzene rings is 1. The van der Waals surface area contributed by atoms with Gasteiger partial charge >= 0.3 is 0 Å². The van der Waals surface area contributed by atoms with Crippen LogP contribution in [0.5, 0.6) is 5.75 Å². The van der Waals surface area contributed by atoms with Gasteiger partial charge in [-0.2, -0.15) is 0 Å². The van der Waals surface area contributed by atoms with Crippen molar-refractivity contribution in [2.45, 2.75) is 31.2 Å². The van der Waals surface area contributed by atoms with Crippen molar-refractivity contribution in [1.82, 2.24) is 0 Å². The number of ether oxygens (including phenoxy) is 3. The van der Waals surface area contributed by atoms with Gasteiger partial charge in [-0.1, -0.05) is 15.9 Å². The highest BCUT2D eigenvalue weighted by molar-refractivity contribution is 9.10. The van der Waals surface area contributed by atoms with Crippen molar-refractivity contribution in [3.63, 3.8) is 0 Å². The minimum absolute atomic E-state index is 0.0739. The molecule has 0 amide bonds. The molecule has 0 N–H and O–H groups in total. The van der Waals surface area contributed by atoms with Crippen molar-refractivity contribution in [3.05, 3.63) is 28.2 Å². The maximum atomic E-state index is 12.6. The predicted molar refractivity (Wildman–Crippen MR) is 74.9 cm³/mol. The number of Topliss-reactive ketones (excluding diaryl/α,β-unsaturated/α-hetero) is 1. The fourth-order valence-electron chi connectivity index (χ4n) is 3.46. The van der Waals surface area contributed by atoms with E-state index in [1.807, 2.05) is 18.2 Å². The first kappa shape index (κ1) is 12.8. The third-order valence-corrected chi connectivity index (χ3v) is 4.93. The normalized spacial score (nSPS) is 30.8. The van der Waals surface area contributed by atoms with Crippen LogP contribution < -0.4 is 4.74 Å². The first-order valence-corrected chi connectivity index (χ1v) is 7.75. The minimum Gasteiger partial charge on any atom is -0.489 e. The molecular weight excluding hydrogens is 324 g/mol. The Bertz CT molecular complexity index is 565. The van der Waals surface area contributed by atoms with E-state index >= 15 is 0 Å². The van der Waals surface area contributed by atoms with Gasteiger partial charge in [-0.05, 0) is 24.6 Å². The molecule has 2 fully saturated rings. The number of ketones is 1. The summed E-state index contributed by atoms with van der Waals surface area (Å²) in [5, 5.41) is 0. The van der Waals surface area contributed by atoms with Gasteiger partial charge in [0.05, 0.1) is 24.7 Å². The van der Waals surface area contributed by atoms with Gasteiger partial charge in [-0.25, -0.2) is 0 Å². The SMILES string of the molecule is O=C1c2cc(Br)ccc2O[C@@H]2CC3(CC[C@@H]12)OCCO3. The summed E-state index contributed by atoms with van der Waals surface area (Å²) < 4.78 is 18.5. The van der Waals surface area contributed by atoms with E-state index in [1.165, 1.54) is 0 Å². The fraction of sp³-hybridized carbons (Fsp3) is 0.533. The van der Waals surface area contributed by atoms with Crippen LogP contribution in [0.4, 0.5) is 0 Å². The highest BCUT2D eigenvalue weighted by Gasteiger charge is 2.50. The van der Waals surface area contributed by atoms with E-state index in [0.29, 0.717) is 30.9 Å². The van der Waals surface area contributed by atoms with Gasteiger partial charge in [-0.3, -0.25) is 4.79 Å². The van der Waals surface area contributed by atoms with E-state index in [1.54, 1.807) is 0 Å². The molecule has 1 aromatic rings. The van der Waals surface area contributed by atoms with Gasteiger partial charge in [0.1, 0.15) is 11.9 Å². The number of halogens is 1. The Morgan fingerprint density at radius 2 is 2.05 bits per heavy atom. The molecule has 0 unspecified atom stereocenters. The Morgan fingerprint density at radius 3 is 2.85 bits per heavy atom. The number of carbonyl (C=O) groups excluding carboxylic acids is 1. The van der Waals surface area contributed by atoms with Gasteiger partial charge in [-0.15, -0.1) is 0 Å². The molecule has 3 aliphatic rings. The summed E-state index contributed by atoms with van der Waals surface area (Å²) in [6, 6.07) is 5.60. The smallest absolute Gasteiger partial charge is 0.173 e. The Labute approximate surface area is 125 Å². The van der Waals surface area contributed by atoms with Crippen LogP contribution in [0.2, 0.25) is 0 Å². The predicted octanol–water partition coefficient (Wildman–Crippen LogP) is 2.94. The lowest BCUT2D eigenvalue weighted by Crippen LogP contribution is -2.49. The minimum atomic E-state index is -0.520. The molecule has 1 saturated heterocycles. The number of rotatable bonds is 0. The molecule has 4 rings (SSSR count). The van der Waals surface area contributed by atoms with E-state index in [-0.39, 0.29) is 17.8 Å². The second kappa shape index (κ2) is 4.55. The van der Waals surface area contributed by atoms with Crippen molar-refractivity contribution in [2.24, 2.45) is 5.92 Å². The second-order valence-electron chi connectivity index (χ2n) is 5.62. The lowest BCUT2D eigenvalue weighted by atomic mass is 9.77. The first-order valence-electron chi connectivity index (χ1n) is 6.95. The highest BCUT2D eigenvalue weighted by atomic mass is 79.9. The first-order chi connectivity index (χ1) is 9.67. The van der Waals surface area contributed by atoms with E-state index in [0.717, 1.165) is 17.3 Å². The Kier molecular flexibility index (Phi) is 2.91. The molecule has 1 saturated carbocycles. The van der Waals surface area contributed by atoms with Crippen LogP contribution >= 0.6 is 15.9 Å². The summed E-state index contributed by atoms with van der Waals surface area (Å²) in [6.45, 7) is 1.27. The zero-order valence-corrected chi connectivity index (χ0v) is 12.5. The third kappa shape index (κ3) is 1.91. The lowest BCUT2D eigenvalue weighted by molar-refractivity contribution is -0.199. The zero-order valence-electron chi connectivity index (χ0n) is 10.9. The van der Waals surface area contributed by atoms with Crippen LogP contribution in [0.3, 0.4) is 0 Å². The van der Waals surface area contributed by atoms with Crippen molar-refractivity contribution in [2.75, 3.05) is 13.2 Å². The average molecular weight is 339 g/mol. The molecule has 0 bridgehead atoms. The number of hydrogen-bond acceptors (Lipinski definition) is 4. The fourth-order valence-corrected chi connectivity index (χ4v) is 3.82. The molecule has 4 nitrogen and oxygen atoms in total. The summed E-state index contributed by atoms with van der Waals surface area (Å²) in [5.41, 5.74) is 0.685. The molecular formula is C15H15BrO4. The molecule has 106 valence electrons. The monoisotopic (exact) mass is 338 g/mol. The van der Waals surface area contributed by atoms with Crippen molar-refractivity contribution >= 4 is 21.7 Å². The molecule has 2 aliphatic heterocycles. The molecule has 20 heavy (non-hydrogen) atoms. The lowest BCUT2D eigenvalue weighted by Gasteiger charge is -2.42. The Hall–Kier alpha value is -0.910. The average Bonchev–Trinajstić information content (AvgIpc) is 2.88. The van der Waals surface area contributed by atoms with Gasteiger partial charge in [0.25, 0.3) is 0 Å². The highest BCUT2D eigenvalue weighted by Crippen LogP contribution is 2.44. The Morgan fingerprint density at radius 1 is 1.25 bits per heavy atom. The second-order valence-corrected chi connectivity index (χ2v) is 6.53. The number of hydrogen-bond donors (Lipinski definition) is 0. The number of carbonyl (C=O) groups is 1. The van der Waals surface area contributed by atoms with E-state index in [2.05, 4.69) is 15.9 Å².